The van der Waals surface area contributed by atoms with Gasteiger partial charge in [-0.2, -0.15) is 0 Å². The van der Waals surface area contributed by atoms with Crippen molar-refractivity contribution in [1.82, 2.24) is 10.2 Å². The Kier molecular flexibility index (Phi) is 6.57. The predicted molar refractivity (Wildman–Crippen MR) is 114 cm³/mol. The molecule has 0 aliphatic carbocycles. The van der Waals surface area contributed by atoms with E-state index in [0.717, 1.165) is 31.9 Å². The quantitative estimate of drug-likeness (QED) is 0.657. The van der Waals surface area contributed by atoms with Crippen molar-refractivity contribution in [3.8, 4) is 0 Å². The maximum atomic E-state index is 13.0. The van der Waals surface area contributed by atoms with Crippen LogP contribution in [-0.4, -0.2) is 60.5 Å². The summed E-state index contributed by atoms with van der Waals surface area (Å²) >= 11 is 6.67. The van der Waals surface area contributed by atoms with Gasteiger partial charge in [0.1, 0.15) is 11.6 Å². The van der Waals surface area contributed by atoms with Crippen molar-refractivity contribution < 1.29 is 19.1 Å². The van der Waals surface area contributed by atoms with Crippen molar-refractivity contribution in [2.45, 2.75) is 51.8 Å². The van der Waals surface area contributed by atoms with Gasteiger partial charge in [-0.3, -0.25) is 14.4 Å². The lowest BCUT2D eigenvalue weighted by molar-refractivity contribution is -0.155. The van der Waals surface area contributed by atoms with E-state index in [2.05, 4.69) is 10.2 Å². The zero-order valence-electron chi connectivity index (χ0n) is 17.7. The third-order valence-electron chi connectivity index (χ3n) is 5.25. The Morgan fingerprint density at radius 2 is 1.93 bits per heavy atom. The second-order valence-corrected chi connectivity index (χ2v) is 9.02. The number of anilines is 1. The van der Waals surface area contributed by atoms with Crippen LogP contribution in [0, 0.1) is 0 Å². The molecule has 0 radical (unpaired) electrons. The summed E-state index contributed by atoms with van der Waals surface area (Å²) in [5.41, 5.74) is 7.02. The van der Waals surface area contributed by atoms with Gasteiger partial charge in [0.05, 0.1) is 10.7 Å². The van der Waals surface area contributed by atoms with E-state index in [1.165, 1.54) is 4.90 Å². The molecule has 0 unspecified atom stereocenters. The number of carbonyl (C=O) groups is 3. The Balaban J connectivity index is 1.76. The highest BCUT2D eigenvalue weighted by Gasteiger charge is 2.38. The lowest BCUT2D eigenvalue weighted by Gasteiger charge is -2.30. The van der Waals surface area contributed by atoms with Gasteiger partial charge in [0.25, 0.3) is 5.91 Å². The number of primary amides is 1. The zero-order valence-corrected chi connectivity index (χ0v) is 18.4. The van der Waals surface area contributed by atoms with Gasteiger partial charge in [0.15, 0.2) is 0 Å². The number of fused-ring (bicyclic) bond motifs is 1. The first kappa shape index (κ1) is 22.4. The largest absolute Gasteiger partial charge is 0.460 e. The minimum absolute atomic E-state index is 0.00916. The van der Waals surface area contributed by atoms with E-state index in [0.29, 0.717) is 16.1 Å². The number of rotatable bonds is 6. The molecule has 2 amide bonds. The average Bonchev–Trinajstić information content (AvgIpc) is 2.99. The normalized spacial score (nSPS) is 17.7. The molecule has 3 rings (SSSR count). The van der Waals surface area contributed by atoms with Crippen LogP contribution >= 0.6 is 11.6 Å². The van der Waals surface area contributed by atoms with Crippen molar-refractivity contribution in [3.63, 3.8) is 0 Å². The van der Waals surface area contributed by atoms with Gasteiger partial charge in [-0.1, -0.05) is 11.6 Å². The lowest BCUT2D eigenvalue weighted by Crippen LogP contribution is -2.45. The number of nitrogens with one attached hydrogen (secondary N) is 1. The number of amides is 2. The summed E-state index contributed by atoms with van der Waals surface area (Å²) in [6.45, 7) is 8.90. The fraction of sp³-hybridized carbons (Fsp3) is 0.571. The minimum atomic E-state index is -0.906. The van der Waals surface area contributed by atoms with Crippen molar-refractivity contribution in [3.05, 3.63) is 28.3 Å². The van der Waals surface area contributed by atoms with Crippen LogP contribution in [0.3, 0.4) is 0 Å². The highest BCUT2D eigenvalue weighted by atomic mass is 35.5. The van der Waals surface area contributed by atoms with Crippen LogP contribution in [-0.2, 0) is 20.9 Å². The number of hydrogen-bond donors (Lipinski definition) is 2. The molecule has 1 fully saturated rings. The molecule has 0 spiro atoms. The van der Waals surface area contributed by atoms with Crippen LogP contribution in [0.15, 0.2) is 12.1 Å². The number of nitrogens with two attached hydrogens (primary N) is 1. The molecule has 164 valence electrons. The number of esters is 1. The monoisotopic (exact) mass is 436 g/mol. The summed E-state index contributed by atoms with van der Waals surface area (Å²) in [6.07, 6.45) is 0.0943. The summed E-state index contributed by atoms with van der Waals surface area (Å²) in [5, 5.41) is 3.83. The minimum Gasteiger partial charge on any atom is -0.460 e. The molecule has 0 aromatic heterocycles. The highest BCUT2D eigenvalue weighted by molar-refractivity contribution is 6.35. The molecule has 1 aromatic carbocycles. The van der Waals surface area contributed by atoms with Gasteiger partial charge in [0, 0.05) is 50.3 Å². The second kappa shape index (κ2) is 8.81. The molecule has 3 N–H and O–H groups in total. The van der Waals surface area contributed by atoms with E-state index in [1.807, 2.05) is 6.07 Å². The van der Waals surface area contributed by atoms with Crippen LogP contribution in [0.25, 0.3) is 0 Å². The Bertz CT molecular complexity index is 846. The fourth-order valence-corrected chi connectivity index (χ4v) is 4.21. The first-order valence-electron chi connectivity index (χ1n) is 10.2. The Morgan fingerprint density at radius 3 is 2.53 bits per heavy atom. The number of nitrogens with zero attached hydrogens (tertiary/aromatic N) is 2. The SMILES string of the molecule is CC(C)(C)OC(=O)CC[C@@H](C(N)=O)N1Cc2c(ccc(N3CCNCC3)c2Cl)C1=O. The number of piperazine rings is 1. The third-order valence-corrected chi connectivity index (χ3v) is 5.67. The summed E-state index contributed by atoms with van der Waals surface area (Å²) in [6, 6.07) is 2.71. The van der Waals surface area contributed by atoms with Crippen molar-refractivity contribution in [1.29, 1.82) is 0 Å². The molecule has 9 heteroatoms. The molecule has 0 bridgehead atoms. The molecule has 1 saturated heterocycles. The summed E-state index contributed by atoms with van der Waals surface area (Å²) in [7, 11) is 0. The first-order chi connectivity index (χ1) is 14.1. The van der Waals surface area contributed by atoms with Crippen LogP contribution in [0.2, 0.25) is 5.02 Å². The number of ether oxygens (including phenoxy) is 1. The molecule has 1 aromatic rings. The summed E-state index contributed by atoms with van der Waals surface area (Å²) in [5.74, 6) is -1.39. The highest BCUT2D eigenvalue weighted by Crippen LogP contribution is 2.37. The molecular weight excluding hydrogens is 408 g/mol. The number of halogens is 1. The third kappa shape index (κ3) is 4.87. The average molecular weight is 437 g/mol. The molecule has 8 nitrogen and oxygen atoms in total. The molecular formula is C21H29ClN4O4. The summed E-state index contributed by atoms with van der Waals surface area (Å²) < 4.78 is 5.29. The molecule has 0 saturated carbocycles. The Labute approximate surface area is 181 Å². The van der Waals surface area contributed by atoms with E-state index in [9.17, 15) is 14.4 Å². The molecule has 2 heterocycles. The molecule has 2 aliphatic rings. The predicted octanol–water partition coefficient (Wildman–Crippen LogP) is 1.68. The topological polar surface area (TPSA) is 105 Å². The van der Waals surface area contributed by atoms with E-state index in [4.69, 9.17) is 22.1 Å². The Hall–Kier alpha value is -2.32. The van der Waals surface area contributed by atoms with Crippen molar-refractivity contribution >= 4 is 35.1 Å². The van der Waals surface area contributed by atoms with Crippen LogP contribution < -0.4 is 16.0 Å². The van der Waals surface area contributed by atoms with E-state index >= 15 is 0 Å². The van der Waals surface area contributed by atoms with Crippen molar-refractivity contribution in [2.75, 3.05) is 31.1 Å². The van der Waals surface area contributed by atoms with Gasteiger partial charge < -0.3 is 25.6 Å². The number of benzene rings is 1. The maximum absolute atomic E-state index is 13.0. The van der Waals surface area contributed by atoms with Gasteiger partial charge in [0.2, 0.25) is 5.91 Å². The van der Waals surface area contributed by atoms with Crippen LogP contribution in [0.1, 0.15) is 49.5 Å². The van der Waals surface area contributed by atoms with Crippen LogP contribution in [0.5, 0.6) is 0 Å². The standard InChI is InChI=1S/C21H29ClN4O4/c1-21(2,3)30-17(27)7-6-16(19(23)28)26-12-14-13(20(26)29)4-5-15(18(14)22)25-10-8-24-9-11-25/h4-5,16,24H,6-12H2,1-3H3,(H2,23,28)/t16-/m0/s1. The number of carbonyl (C=O) groups excluding carboxylic acids is 3. The van der Waals surface area contributed by atoms with Crippen LogP contribution in [0.4, 0.5) is 5.69 Å². The smallest absolute Gasteiger partial charge is 0.306 e. The molecule has 1 atom stereocenters. The second-order valence-electron chi connectivity index (χ2n) is 8.64. The van der Waals surface area contributed by atoms with E-state index < -0.39 is 23.5 Å². The lowest BCUT2D eigenvalue weighted by atomic mass is 10.1. The maximum Gasteiger partial charge on any atom is 0.306 e. The number of hydrogen-bond acceptors (Lipinski definition) is 6. The first-order valence-corrected chi connectivity index (χ1v) is 10.6. The van der Waals surface area contributed by atoms with Gasteiger partial charge in [-0.15, -0.1) is 0 Å². The van der Waals surface area contributed by atoms with Gasteiger partial charge >= 0.3 is 5.97 Å². The molecule has 2 aliphatic heterocycles. The van der Waals surface area contributed by atoms with E-state index in [1.54, 1.807) is 26.8 Å². The van der Waals surface area contributed by atoms with Gasteiger partial charge in [-0.05, 0) is 39.3 Å². The Morgan fingerprint density at radius 1 is 1.27 bits per heavy atom. The zero-order chi connectivity index (χ0) is 22.1. The fourth-order valence-electron chi connectivity index (χ4n) is 3.86. The molecule has 30 heavy (non-hydrogen) atoms. The van der Waals surface area contributed by atoms with E-state index in [-0.39, 0.29) is 25.3 Å². The van der Waals surface area contributed by atoms with Crippen molar-refractivity contribution in [2.24, 2.45) is 5.73 Å². The van der Waals surface area contributed by atoms with Gasteiger partial charge in [-0.25, -0.2) is 0 Å². The summed E-state index contributed by atoms with van der Waals surface area (Å²) in [4.78, 5) is 40.7.